The molecule has 1 aliphatic heterocycles. The number of ether oxygens (including phenoxy) is 1. The van der Waals surface area contributed by atoms with Crippen molar-refractivity contribution in [3.63, 3.8) is 0 Å². The molecule has 2 heterocycles. The lowest BCUT2D eigenvalue weighted by molar-refractivity contribution is 0.110. The van der Waals surface area contributed by atoms with Gasteiger partial charge in [-0.2, -0.15) is 0 Å². The van der Waals surface area contributed by atoms with Crippen LogP contribution in [0.3, 0.4) is 0 Å². The molecule has 1 saturated heterocycles. The minimum atomic E-state index is 0.157. The molecule has 1 atom stereocenters. The van der Waals surface area contributed by atoms with E-state index >= 15 is 0 Å². The topological polar surface area (TPSA) is 22.1 Å². The number of halogens is 1. The lowest BCUT2D eigenvalue weighted by Crippen LogP contribution is -1.99. The average Bonchev–Trinajstić information content (AvgIpc) is 2.81. The second-order valence-electron chi connectivity index (χ2n) is 4.06. The molecule has 1 unspecified atom stereocenters. The van der Waals surface area contributed by atoms with Gasteiger partial charge in [0.15, 0.2) is 0 Å². The van der Waals surface area contributed by atoms with Gasteiger partial charge in [-0.3, -0.25) is 4.98 Å². The first-order chi connectivity index (χ1) is 7.84. The van der Waals surface area contributed by atoms with E-state index in [-0.39, 0.29) is 6.10 Å². The maximum Gasteiger partial charge on any atom is 0.100 e. The van der Waals surface area contributed by atoms with Gasteiger partial charge in [0.1, 0.15) is 6.10 Å². The molecule has 1 aromatic carbocycles. The fraction of sp³-hybridized carbons (Fsp3) is 0.308. The number of benzene rings is 1. The predicted molar refractivity (Wildman–Crippen MR) is 64.7 cm³/mol. The predicted octanol–water partition coefficient (Wildman–Crippen LogP) is 3.74. The highest BCUT2D eigenvalue weighted by Gasteiger charge is 2.20. The Balaban J connectivity index is 2.16. The van der Waals surface area contributed by atoms with Crippen molar-refractivity contribution in [3.8, 4) is 0 Å². The average molecular weight is 234 g/mol. The van der Waals surface area contributed by atoms with Crippen LogP contribution in [0.1, 0.15) is 24.6 Å². The molecule has 0 amide bonds. The summed E-state index contributed by atoms with van der Waals surface area (Å²) in [7, 11) is 0. The number of pyridine rings is 1. The molecule has 0 saturated carbocycles. The van der Waals surface area contributed by atoms with Crippen LogP contribution in [0.4, 0.5) is 0 Å². The van der Waals surface area contributed by atoms with E-state index in [2.05, 4.69) is 4.98 Å². The van der Waals surface area contributed by atoms with Gasteiger partial charge >= 0.3 is 0 Å². The first-order valence-electron chi connectivity index (χ1n) is 5.50. The molecule has 16 heavy (non-hydrogen) atoms. The van der Waals surface area contributed by atoms with Gasteiger partial charge in [0, 0.05) is 23.2 Å². The highest BCUT2D eigenvalue weighted by molar-refractivity contribution is 6.31. The Morgan fingerprint density at radius 2 is 2.25 bits per heavy atom. The fourth-order valence-electron chi connectivity index (χ4n) is 2.22. The standard InChI is InChI=1S/C13H12ClNO/c14-10-3-4-11-9(8-10)5-6-15-13(11)12-2-1-7-16-12/h3-6,8,12H,1-2,7H2. The summed E-state index contributed by atoms with van der Waals surface area (Å²) in [6.07, 6.45) is 4.17. The first kappa shape index (κ1) is 10.1. The van der Waals surface area contributed by atoms with E-state index in [9.17, 15) is 0 Å². The van der Waals surface area contributed by atoms with E-state index in [4.69, 9.17) is 16.3 Å². The number of nitrogens with zero attached hydrogens (tertiary/aromatic N) is 1. The number of hydrogen-bond donors (Lipinski definition) is 0. The Labute approximate surface area is 99.2 Å². The number of fused-ring (bicyclic) bond motifs is 1. The SMILES string of the molecule is Clc1ccc2c(C3CCCO3)nccc2c1. The summed E-state index contributed by atoms with van der Waals surface area (Å²) in [4.78, 5) is 4.45. The molecule has 0 spiro atoms. The van der Waals surface area contributed by atoms with Crippen LogP contribution in [0.25, 0.3) is 10.8 Å². The lowest BCUT2D eigenvalue weighted by atomic mass is 10.0. The van der Waals surface area contributed by atoms with Gasteiger partial charge in [-0.15, -0.1) is 0 Å². The molecule has 0 bridgehead atoms. The maximum atomic E-state index is 5.98. The Hall–Kier alpha value is -1.12. The summed E-state index contributed by atoms with van der Waals surface area (Å²) in [5.74, 6) is 0. The summed E-state index contributed by atoms with van der Waals surface area (Å²) in [5.41, 5.74) is 1.05. The van der Waals surface area contributed by atoms with E-state index < -0.39 is 0 Å². The molecule has 3 rings (SSSR count). The molecule has 2 aromatic rings. The van der Waals surface area contributed by atoms with Crippen LogP contribution in [-0.2, 0) is 4.74 Å². The highest BCUT2D eigenvalue weighted by Crippen LogP contribution is 2.32. The van der Waals surface area contributed by atoms with Gasteiger partial charge in [-0.1, -0.05) is 17.7 Å². The molecule has 0 radical (unpaired) electrons. The van der Waals surface area contributed by atoms with Crippen LogP contribution in [-0.4, -0.2) is 11.6 Å². The summed E-state index contributed by atoms with van der Waals surface area (Å²) in [6.45, 7) is 0.844. The van der Waals surface area contributed by atoms with Crippen LogP contribution in [0.15, 0.2) is 30.5 Å². The lowest BCUT2D eigenvalue weighted by Gasteiger charge is -2.11. The van der Waals surface area contributed by atoms with Crippen molar-refractivity contribution in [1.82, 2.24) is 4.98 Å². The second kappa shape index (κ2) is 4.04. The number of hydrogen-bond acceptors (Lipinski definition) is 2. The molecule has 2 nitrogen and oxygen atoms in total. The van der Waals surface area contributed by atoms with E-state index in [0.29, 0.717) is 0 Å². The van der Waals surface area contributed by atoms with Gasteiger partial charge in [0.05, 0.1) is 5.69 Å². The van der Waals surface area contributed by atoms with Crippen molar-refractivity contribution in [2.45, 2.75) is 18.9 Å². The third-order valence-electron chi connectivity index (χ3n) is 2.99. The summed E-state index contributed by atoms with van der Waals surface area (Å²) < 4.78 is 5.68. The van der Waals surface area contributed by atoms with Crippen LogP contribution in [0.5, 0.6) is 0 Å². The fourth-order valence-corrected chi connectivity index (χ4v) is 2.40. The summed E-state index contributed by atoms with van der Waals surface area (Å²) in [5, 5.41) is 3.05. The zero-order chi connectivity index (χ0) is 11.0. The molecule has 0 aliphatic carbocycles. The minimum absolute atomic E-state index is 0.157. The summed E-state index contributed by atoms with van der Waals surface area (Å²) >= 11 is 5.98. The van der Waals surface area contributed by atoms with Crippen LogP contribution >= 0.6 is 11.6 Å². The van der Waals surface area contributed by atoms with Gasteiger partial charge in [-0.05, 0) is 36.4 Å². The van der Waals surface area contributed by atoms with Crippen molar-refractivity contribution in [2.24, 2.45) is 0 Å². The number of aromatic nitrogens is 1. The third kappa shape index (κ3) is 1.68. The minimum Gasteiger partial charge on any atom is -0.372 e. The van der Waals surface area contributed by atoms with Gasteiger partial charge in [0.2, 0.25) is 0 Å². The summed E-state index contributed by atoms with van der Waals surface area (Å²) in [6, 6.07) is 7.89. The van der Waals surface area contributed by atoms with E-state index in [1.165, 1.54) is 0 Å². The highest BCUT2D eigenvalue weighted by atomic mass is 35.5. The number of rotatable bonds is 1. The largest absolute Gasteiger partial charge is 0.372 e. The van der Waals surface area contributed by atoms with Crippen LogP contribution in [0, 0.1) is 0 Å². The first-order valence-corrected chi connectivity index (χ1v) is 5.88. The van der Waals surface area contributed by atoms with Crippen LogP contribution < -0.4 is 0 Å². The zero-order valence-corrected chi connectivity index (χ0v) is 9.57. The van der Waals surface area contributed by atoms with Gasteiger partial charge in [-0.25, -0.2) is 0 Å². The third-order valence-corrected chi connectivity index (χ3v) is 3.23. The van der Waals surface area contributed by atoms with Crippen molar-refractivity contribution < 1.29 is 4.74 Å². The monoisotopic (exact) mass is 233 g/mol. The Kier molecular flexibility index (Phi) is 2.54. The van der Waals surface area contributed by atoms with Crippen molar-refractivity contribution in [1.29, 1.82) is 0 Å². The Bertz CT molecular complexity index is 520. The van der Waals surface area contributed by atoms with Crippen molar-refractivity contribution >= 4 is 22.4 Å². The van der Waals surface area contributed by atoms with Crippen molar-refractivity contribution in [2.75, 3.05) is 6.61 Å². The molecule has 1 aromatic heterocycles. The molecule has 82 valence electrons. The Morgan fingerprint density at radius 1 is 1.31 bits per heavy atom. The second-order valence-corrected chi connectivity index (χ2v) is 4.50. The van der Waals surface area contributed by atoms with Gasteiger partial charge in [0.25, 0.3) is 0 Å². The van der Waals surface area contributed by atoms with E-state index in [1.54, 1.807) is 0 Å². The van der Waals surface area contributed by atoms with Crippen LogP contribution in [0.2, 0.25) is 5.02 Å². The smallest absolute Gasteiger partial charge is 0.100 e. The molecule has 1 fully saturated rings. The van der Waals surface area contributed by atoms with Gasteiger partial charge < -0.3 is 4.74 Å². The normalized spacial score (nSPS) is 20.4. The molecule has 3 heteroatoms. The Morgan fingerprint density at radius 3 is 3.06 bits per heavy atom. The maximum absolute atomic E-state index is 5.98. The molecule has 1 aliphatic rings. The zero-order valence-electron chi connectivity index (χ0n) is 8.82. The molecular formula is C13H12ClNO. The van der Waals surface area contributed by atoms with Crippen molar-refractivity contribution in [3.05, 3.63) is 41.2 Å². The van der Waals surface area contributed by atoms with E-state index in [1.807, 2.05) is 30.5 Å². The quantitative estimate of drug-likeness (QED) is 0.749. The molecule has 0 N–H and O–H groups in total. The van der Waals surface area contributed by atoms with E-state index in [0.717, 1.165) is 40.9 Å². The molecular weight excluding hydrogens is 222 g/mol.